The van der Waals surface area contributed by atoms with Gasteiger partial charge >= 0.3 is 0 Å². The van der Waals surface area contributed by atoms with E-state index < -0.39 is 0 Å². The van der Waals surface area contributed by atoms with Crippen molar-refractivity contribution in [2.24, 2.45) is 0 Å². The fourth-order valence-corrected chi connectivity index (χ4v) is 3.00. The number of likely N-dealkylation sites (tertiary alicyclic amines) is 1. The second kappa shape index (κ2) is 8.22. The molecule has 0 unspecified atom stereocenters. The summed E-state index contributed by atoms with van der Waals surface area (Å²) in [6, 6.07) is 4.09. The van der Waals surface area contributed by atoms with E-state index in [-0.39, 0.29) is 6.10 Å². The first-order valence-electron chi connectivity index (χ1n) is 8.43. The molecular formula is C18H25N5O2. The number of nitrogens with zero attached hydrogens (tertiary/aromatic N) is 5. The van der Waals surface area contributed by atoms with E-state index in [0.29, 0.717) is 12.6 Å². The predicted molar refractivity (Wildman–Crippen MR) is 95.7 cm³/mol. The fraction of sp³-hybridized carbons (Fsp3) is 0.500. The van der Waals surface area contributed by atoms with E-state index >= 15 is 0 Å². The number of rotatable bonds is 7. The molecule has 1 aliphatic rings. The van der Waals surface area contributed by atoms with Crippen molar-refractivity contribution in [3.63, 3.8) is 0 Å². The Kier molecular flexibility index (Phi) is 5.78. The Labute approximate surface area is 148 Å². The number of anilines is 1. The van der Waals surface area contributed by atoms with Gasteiger partial charge in [-0.1, -0.05) is 0 Å². The highest BCUT2D eigenvalue weighted by molar-refractivity contribution is 5.26. The molecule has 0 saturated carbocycles. The van der Waals surface area contributed by atoms with Crippen molar-refractivity contribution in [2.75, 3.05) is 39.3 Å². The first kappa shape index (κ1) is 17.6. The zero-order valence-corrected chi connectivity index (χ0v) is 15.0. The maximum Gasteiger partial charge on any atom is 0.224 e. The number of methoxy groups -OCH3 is 1. The Morgan fingerprint density at radius 3 is 2.68 bits per heavy atom. The van der Waals surface area contributed by atoms with Gasteiger partial charge in [0.1, 0.15) is 12.4 Å². The third-order valence-electron chi connectivity index (χ3n) is 4.38. The van der Waals surface area contributed by atoms with Gasteiger partial charge in [-0.2, -0.15) is 0 Å². The van der Waals surface area contributed by atoms with E-state index in [1.165, 1.54) is 0 Å². The molecule has 0 aromatic carbocycles. The average Bonchev–Trinajstić information content (AvgIpc) is 3.03. The van der Waals surface area contributed by atoms with Crippen LogP contribution in [-0.4, -0.2) is 66.4 Å². The largest absolute Gasteiger partial charge is 0.490 e. The van der Waals surface area contributed by atoms with E-state index in [9.17, 15) is 0 Å². The minimum Gasteiger partial charge on any atom is -0.490 e. The molecule has 1 saturated heterocycles. The zero-order valence-electron chi connectivity index (χ0n) is 15.0. The van der Waals surface area contributed by atoms with Crippen molar-refractivity contribution in [2.45, 2.75) is 25.1 Å². The Morgan fingerprint density at radius 2 is 2.04 bits per heavy atom. The first-order valence-corrected chi connectivity index (χ1v) is 8.43. The monoisotopic (exact) mass is 343 g/mol. The molecule has 134 valence electrons. The van der Waals surface area contributed by atoms with Gasteiger partial charge in [0.25, 0.3) is 0 Å². The van der Waals surface area contributed by atoms with E-state index in [0.717, 1.165) is 36.8 Å². The van der Waals surface area contributed by atoms with Crippen LogP contribution in [0.1, 0.15) is 12.0 Å². The van der Waals surface area contributed by atoms with E-state index in [4.69, 9.17) is 9.47 Å². The highest BCUT2D eigenvalue weighted by atomic mass is 16.5. The molecule has 0 bridgehead atoms. The van der Waals surface area contributed by atoms with Gasteiger partial charge in [-0.15, -0.1) is 0 Å². The number of hydrogen-bond acceptors (Lipinski definition) is 7. The molecule has 0 aliphatic carbocycles. The summed E-state index contributed by atoms with van der Waals surface area (Å²) < 4.78 is 11.5. The van der Waals surface area contributed by atoms with Crippen molar-refractivity contribution in [1.82, 2.24) is 19.9 Å². The van der Waals surface area contributed by atoms with Crippen LogP contribution in [0.4, 0.5) is 5.95 Å². The SMILES string of the molecule is CO[C@@H]1C[C@@H](COc2cccnc2)N(Cc2cnc(N(C)C)nc2)C1. The number of hydrogen-bond donors (Lipinski definition) is 0. The molecule has 2 aromatic heterocycles. The van der Waals surface area contributed by atoms with Crippen LogP contribution in [0.15, 0.2) is 36.9 Å². The van der Waals surface area contributed by atoms with E-state index in [1.54, 1.807) is 19.5 Å². The lowest BCUT2D eigenvalue weighted by Gasteiger charge is -2.24. The van der Waals surface area contributed by atoms with Crippen LogP contribution in [0, 0.1) is 0 Å². The van der Waals surface area contributed by atoms with Crippen LogP contribution in [0.25, 0.3) is 0 Å². The predicted octanol–water partition coefficient (Wildman–Crippen LogP) is 1.61. The molecule has 0 N–H and O–H groups in total. The molecule has 0 radical (unpaired) electrons. The third kappa shape index (κ3) is 4.64. The highest BCUT2D eigenvalue weighted by Gasteiger charge is 2.32. The summed E-state index contributed by atoms with van der Waals surface area (Å²) in [6.45, 7) is 2.28. The second-order valence-electron chi connectivity index (χ2n) is 6.46. The van der Waals surface area contributed by atoms with Crippen LogP contribution in [0.2, 0.25) is 0 Å². The number of ether oxygens (including phenoxy) is 2. The van der Waals surface area contributed by atoms with E-state index in [2.05, 4.69) is 19.9 Å². The second-order valence-corrected chi connectivity index (χ2v) is 6.46. The molecule has 2 aromatic rings. The van der Waals surface area contributed by atoms with Crippen molar-refractivity contribution in [3.8, 4) is 5.75 Å². The fourth-order valence-electron chi connectivity index (χ4n) is 3.00. The summed E-state index contributed by atoms with van der Waals surface area (Å²) in [6.07, 6.45) is 8.44. The molecule has 7 heteroatoms. The smallest absolute Gasteiger partial charge is 0.224 e. The molecule has 3 heterocycles. The molecule has 0 spiro atoms. The first-order chi connectivity index (χ1) is 12.2. The van der Waals surface area contributed by atoms with Crippen LogP contribution >= 0.6 is 0 Å². The Morgan fingerprint density at radius 1 is 1.24 bits per heavy atom. The summed E-state index contributed by atoms with van der Waals surface area (Å²) in [5.41, 5.74) is 1.09. The Balaban J connectivity index is 1.62. The summed E-state index contributed by atoms with van der Waals surface area (Å²) in [5.74, 6) is 1.51. The van der Waals surface area contributed by atoms with E-state index in [1.807, 2.05) is 43.5 Å². The van der Waals surface area contributed by atoms with Crippen LogP contribution in [0.3, 0.4) is 0 Å². The standard InChI is InChI=1S/C18H25N5O2/c1-22(2)18-20-8-14(9-21-18)11-23-12-17(24-3)7-15(23)13-25-16-5-4-6-19-10-16/h4-6,8-10,15,17H,7,11-13H2,1-3H3/t15-,17+/m0/s1. The molecule has 25 heavy (non-hydrogen) atoms. The summed E-state index contributed by atoms with van der Waals surface area (Å²) in [4.78, 5) is 17.1. The molecule has 3 rings (SSSR count). The Bertz CT molecular complexity index is 650. The van der Waals surface area contributed by atoms with Gasteiger partial charge in [0.05, 0.1) is 12.3 Å². The van der Waals surface area contributed by atoms with Gasteiger partial charge in [-0.25, -0.2) is 9.97 Å². The van der Waals surface area contributed by atoms with Gasteiger partial charge in [-0.05, 0) is 18.6 Å². The third-order valence-corrected chi connectivity index (χ3v) is 4.38. The van der Waals surface area contributed by atoms with Crippen LogP contribution in [0.5, 0.6) is 5.75 Å². The van der Waals surface area contributed by atoms with Crippen molar-refractivity contribution >= 4 is 5.95 Å². The van der Waals surface area contributed by atoms with Crippen molar-refractivity contribution in [3.05, 3.63) is 42.5 Å². The van der Waals surface area contributed by atoms with Gasteiger partial charge in [0.2, 0.25) is 5.95 Å². The minimum atomic E-state index is 0.226. The van der Waals surface area contributed by atoms with Gasteiger partial charge in [0.15, 0.2) is 0 Å². The topological polar surface area (TPSA) is 63.6 Å². The molecule has 2 atom stereocenters. The van der Waals surface area contributed by atoms with Crippen molar-refractivity contribution < 1.29 is 9.47 Å². The maximum absolute atomic E-state index is 5.90. The molecule has 7 nitrogen and oxygen atoms in total. The van der Waals surface area contributed by atoms with Gasteiger partial charge < -0.3 is 14.4 Å². The number of aromatic nitrogens is 3. The normalized spacial score (nSPS) is 20.6. The molecular weight excluding hydrogens is 318 g/mol. The van der Waals surface area contributed by atoms with Crippen LogP contribution < -0.4 is 9.64 Å². The lowest BCUT2D eigenvalue weighted by Crippen LogP contribution is -2.34. The molecule has 1 aliphatic heterocycles. The summed E-state index contributed by atoms with van der Waals surface area (Å²) in [5, 5.41) is 0. The highest BCUT2D eigenvalue weighted by Crippen LogP contribution is 2.23. The minimum absolute atomic E-state index is 0.226. The average molecular weight is 343 g/mol. The quantitative estimate of drug-likeness (QED) is 0.757. The van der Waals surface area contributed by atoms with Gasteiger partial charge in [-0.3, -0.25) is 9.88 Å². The number of pyridine rings is 1. The van der Waals surface area contributed by atoms with Crippen molar-refractivity contribution in [1.29, 1.82) is 0 Å². The Hall–Kier alpha value is -2.25. The maximum atomic E-state index is 5.90. The summed E-state index contributed by atoms with van der Waals surface area (Å²) >= 11 is 0. The summed E-state index contributed by atoms with van der Waals surface area (Å²) in [7, 11) is 5.64. The molecule has 0 amide bonds. The zero-order chi connectivity index (χ0) is 17.6. The lowest BCUT2D eigenvalue weighted by atomic mass is 10.2. The lowest BCUT2D eigenvalue weighted by molar-refractivity contribution is 0.107. The van der Waals surface area contributed by atoms with Crippen LogP contribution in [-0.2, 0) is 11.3 Å². The molecule has 1 fully saturated rings. The van der Waals surface area contributed by atoms with Gasteiger partial charge in [0, 0.05) is 64.5 Å².